The van der Waals surface area contributed by atoms with Crippen molar-refractivity contribution in [2.45, 2.75) is 25.8 Å². The molecule has 18 heavy (non-hydrogen) atoms. The average Bonchev–Trinajstić information content (AvgIpc) is 2.90. The topological polar surface area (TPSA) is 44.5 Å². The Morgan fingerprint density at radius 2 is 2.39 bits per heavy atom. The summed E-state index contributed by atoms with van der Waals surface area (Å²) < 4.78 is 12.0. The van der Waals surface area contributed by atoms with Gasteiger partial charge in [0.15, 0.2) is 0 Å². The molecule has 0 bridgehead atoms. The zero-order valence-corrected chi connectivity index (χ0v) is 12.3. The van der Waals surface area contributed by atoms with Crippen molar-refractivity contribution in [1.29, 1.82) is 0 Å². The molecule has 100 valence electrons. The summed E-state index contributed by atoms with van der Waals surface area (Å²) in [5.41, 5.74) is 7.42. The zero-order valence-electron chi connectivity index (χ0n) is 10.7. The van der Waals surface area contributed by atoms with E-state index in [1.165, 1.54) is 0 Å². The van der Waals surface area contributed by atoms with Crippen LogP contribution in [0, 0.1) is 5.92 Å². The maximum Gasteiger partial charge on any atom is 0.133 e. The van der Waals surface area contributed by atoms with Gasteiger partial charge in [0.2, 0.25) is 0 Å². The van der Waals surface area contributed by atoms with Gasteiger partial charge in [0.25, 0.3) is 0 Å². The van der Waals surface area contributed by atoms with Gasteiger partial charge in [-0.3, -0.25) is 0 Å². The highest BCUT2D eigenvalue weighted by Crippen LogP contribution is 2.32. The molecule has 2 N–H and O–H groups in total. The van der Waals surface area contributed by atoms with Crippen molar-refractivity contribution in [1.82, 2.24) is 0 Å². The average molecular weight is 314 g/mol. The standard InChI is InChI=1S/C14H20BrNO2/c1-2-6-18-13-4-3-10(8-12(13)15)14(16)11-5-7-17-9-11/h3-4,8,11,14H,2,5-7,9,16H2,1H3. The SMILES string of the molecule is CCCOc1ccc(C(N)C2CCOC2)cc1Br. The van der Waals surface area contributed by atoms with Crippen LogP contribution < -0.4 is 10.5 Å². The van der Waals surface area contributed by atoms with E-state index >= 15 is 0 Å². The van der Waals surface area contributed by atoms with Crippen molar-refractivity contribution in [3.8, 4) is 5.75 Å². The summed E-state index contributed by atoms with van der Waals surface area (Å²) in [6, 6.07) is 6.15. The fourth-order valence-electron chi connectivity index (χ4n) is 2.16. The van der Waals surface area contributed by atoms with E-state index in [2.05, 4.69) is 35.0 Å². The van der Waals surface area contributed by atoms with Gasteiger partial charge in [-0.1, -0.05) is 13.0 Å². The lowest BCUT2D eigenvalue weighted by atomic mass is 9.93. The molecule has 0 spiro atoms. The van der Waals surface area contributed by atoms with Crippen LogP contribution in [0.5, 0.6) is 5.75 Å². The Labute approximate surface area is 117 Å². The van der Waals surface area contributed by atoms with E-state index in [1.807, 2.05) is 6.07 Å². The first-order valence-electron chi connectivity index (χ1n) is 6.48. The van der Waals surface area contributed by atoms with Gasteiger partial charge >= 0.3 is 0 Å². The maximum absolute atomic E-state index is 6.28. The second kappa shape index (κ2) is 6.55. The maximum atomic E-state index is 6.28. The van der Waals surface area contributed by atoms with Gasteiger partial charge in [0.1, 0.15) is 5.75 Å². The number of rotatable bonds is 5. The number of nitrogens with two attached hydrogens (primary N) is 1. The van der Waals surface area contributed by atoms with Crippen LogP contribution in [0.1, 0.15) is 31.4 Å². The van der Waals surface area contributed by atoms with E-state index < -0.39 is 0 Å². The Kier molecular flexibility index (Phi) is 5.03. The molecule has 1 aromatic rings. The van der Waals surface area contributed by atoms with Gasteiger partial charge in [0.05, 0.1) is 17.7 Å². The minimum absolute atomic E-state index is 0.0454. The molecule has 1 fully saturated rings. The quantitative estimate of drug-likeness (QED) is 0.907. The molecule has 1 saturated heterocycles. The van der Waals surface area contributed by atoms with Crippen LogP contribution in [0.4, 0.5) is 0 Å². The first-order chi connectivity index (χ1) is 8.72. The second-order valence-electron chi connectivity index (χ2n) is 4.69. The monoisotopic (exact) mass is 313 g/mol. The van der Waals surface area contributed by atoms with Crippen molar-refractivity contribution in [2.75, 3.05) is 19.8 Å². The number of ether oxygens (including phenoxy) is 2. The van der Waals surface area contributed by atoms with Crippen LogP contribution in [-0.2, 0) is 4.74 Å². The normalized spacial score (nSPS) is 20.9. The van der Waals surface area contributed by atoms with Crippen LogP contribution >= 0.6 is 15.9 Å². The van der Waals surface area contributed by atoms with E-state index in [9.17, 15) is 0 Å². The van der Waals surface area contributed by atoms with Crippen LogP contribution in [-0.4, -0.2) is 19.8 Å². The second-order valence-corrected chi connectivity index (χ2v) is 5.54. The van der Waals surface area contributed by atoms with E-state index in [0.29, 0.717) is 5.92 Å². The molecule has 0 saturated carbocycles. The van der Waals surface area contributed by atoms with Gasteiger partial charge in [0, 0.05) is 18.6 Å². The molecule has 1 heterocycles. The predicted molar refractivity (Wildman–Crippen MR) is 75.8 cm³/mol. The van der Waals surface area contributed by atoms with Crippen molar-refractivity contribution < 1.29 is 9.47 Å². The molecule has 2 atom stereocenters. The molecule has 3 nitrogen and oxygen atoms in total. The largest absolute Gasteiger partial charge is 0.492 e. The van der Waals surface area contributed by atoms with E-state index in [-0.39, 0.29) is 6.04 Å². The Balaban J connectivity index is 2.07. The lowest BCUT2D eigenvalue weighted by molar-refractivity contribution is 0.181. The molecule has 1 aliphatic rings. The lowest BCUT2D eigenvalue weighted by Crippen LogP contribution is -2.21. The lowest BCUT2D eigenvalue weighted by Gasteiger charge is -2.19. The van der Waals surface area contributed by atoms with Gasteiger partial charge in [-0.25, -0.2) is 0 Å². The van der Waals surface area contributed by atoms with Crippen LogP contribution in [0.2, 0.25) is 0 Å². The van der Waals surface area contributed by atoms with Crippen molar-refractivity contribution in [3.63, 3.8) is 0 Å². The highest BCUT2D eigenvalue weighted by molar-refractivity contribution is 9.10. The summed E-state index contributed by atoms with van der Waals surface area (Å²) in [7, 11) is 0. The molecule has 0 aliphatic carbocycles. The molecule has 4 heteroatoms. The Morgan fingerprint density at radius 1 is 1.56 bits per heavy atom. The van der Waals surface area contributed by atoms with Crippen molar-refractivity contribution >= 4 is 15.9 Å². The molecular formula is C14H20BrNO2. The molecular weight excluding hydrogens is 294 g/mol. The summed E-state index contributed by atoms with van der Waals surface area (Å²) >= 11 is 3.54. The van der Waals surface area contributed by atoms with Crippen LogP contribution in [0.25, 0.3) is 0 Å². The molecule has 2 unspecified atom stereocenters. The molecule has 0 amide bonds. The molecule has 0 radical (unpaired) electrons. The summed E-state index contributed by atoms with van der Waals surface area (Å²) in [4.78, 5) is 0. The number of hydrogen-bond acceptors (Lipinski definition) is 3. The van der Waals surface area contributed by atoms with Gasteiger partial charge in [-0.15, -0.1) is 0 Å². The number of hydrogen-bond donors (Lipinski definition) is 1. The fraction of sp³-hybridized carbons (Fsp3) is 0.571. The molecule has 1 aliphatic heterocycles. The van der Waals surface area contributed by atoms with Gasteiger partial charge in [-0.2, -0.15) is 0 Å². The first-order valence-corrected chi connectivity index (χ1v) is 7.27. The van der Waals surface area contributed by atoms with E-state index in [0.717, 1.165) is 48.4 Å². The third-order valence-electron chi connectivity index (χ3n) is 3.28. The van der Waals surface area contributed by atoms with Gasteiger partial charge in [-0.05, 0) is 46.5 Å². The molecule has 1 aromatic carbocycles. The smallest absolute Gasteiger partial charge is 0.133 e. The number of benzene rings is 1. The van der Waals surface area contributed by atoms with Crippen molar-refractivity contribution in [2.24, 2.45) is 11.7 Å². The molecule has 0 aromatic heterocycles. The summed E-state index contributed by atoms with van der Waals surface area (Å²) in [6.07, 6.45) is 2.06. The Morgan fingerprint density at radius 3 is 3.00 bits per heavy atom. The number of halogens is 1. The highest BCUT2D eigenvalue weighted by atomic mass is 79.9. The first kappa shape index (κ1) is 13.8. The van der Waals surface area contributed by atoms with Crippen LogP contribution in [0.3, 0.4) is 0 Å². The minimum Gasteiger partial charge on any atom is -0.492 e. The summed E-state index contributed by atoms with van der Waals surface area (Å²) in [5, 5.41) is 0. The zero-order chi connectivity index (χ0) is 13.0. The third kappa shape index (κ3) is 3.25. The van der Waals surface area contributed by atoms with Crippen LogP contribution in [0.15, 0.2) is 22.7 Å². The van der Waals surface area contributed by atoms with E-state index in [4.69, 9.17) is 15.2 Å². The van der Waals surface area contributed by atoms with Gasteiger partial charge < -0.3 is 15.2 Å². The Hall–Kier alpha value is -0.580. The summed E-state index contributed by atoms with van der Waals surface area (Å²) in [6.45, 7) is 4.43. The molecule has 2 rings (SSSR count). The van der Waals surface area contributed by atoms with Crippen molar-refractivity contribution in [3.05, 3.63) is 28.2 Å². The minimum atomic E-state index is 0.0454. The third-order valence-corrected chi connectivity index (χ3v) is 3.90. The fourth-order valence-corrected chi connectivity index (χ4v) is 2.67. The Bertz CT molecular complexity index is 391. The van der Waals surface area contributed by atoms with E-state index in [1.54, 1.807) is 0 Å². The highest BCUT2D eigenvalue weighted by Gasteiger charge is 2.24. The predicted octanol–water partition coefficient (Wildman–Crippen LogP) is 3.27. The summed E-state index contributed by atoms with van der Waals surface area (Å²) in [5.74, 6) is 1.31.